The van der Waals surface area contributed by atoms with Gasteiger partial charge in [0.15, 0.2) is 0 Å². The summed E-state index contributed by atoms with van der Waals surface area (Å²) in [5.74, 6) is -1.73. The number of nitrogens with zero attached hydrogens (tertiary/aromatic N) is 2. The van der Waals surface area contributed by atoms with E-state index in [0.717, 1.165) is 25.9 Å². The molecule has 2 aliphatic heterocycles. The number of hydrogen-bond acceptors (Lipinski definition) is 7. The molecule has 1 atom stereocenters. The van der Waals surface area contributed by atoms with Crippen LogP contribution in [0.4, 0.5) is 0 Å². The standard InChI is InChI=1S/C19H30N4O6/c1-13(2)12-22-11-3-4-14(22)19(28)21-9-7-15(24)20-10-8-18(27)29-23-16(25)5-6-17(23)26/h13-14H,3-12H2,1-2H3,(H,20,24)(H,21,28)/i7+1,8+1,9+1,10+1,15+1,18+1,19+1,20+1,21+1. The van der Waals surface area contributed by atoms with Gasteiger partial charge in [0.25, 0.3) is 11.8 Å². The zero-order valence-corrected chi connectivity index (χ0v) is 17.1. The third-order valence-corrected chi connectivity index (χ3v) is 4.77. The average Bonchev–Trinajstić information content (AvgIpc) is 3.22. The van der Waals surface area contributed by atoms with Crippen LogP contribution < -0.4 is 10.6 Å². The van der Waals surface area contributed by atoms with Crippen LogP contribution in [0.5, 0.6) is 0 Å². The smallest absolute Gasteiger partial charge is 0.334 e. The summed E-state index contributed by atoms with van der Waals surface area (Å²) < 4.78 is 0. The van der Waals surface area contributed by atoms with Crippen molar-refractivity contribution in [3.05, 3.63) is 0 Å². The first-order chi connectivity index (χ1) is 13.8. The molecule has 10 heteroatoms. The highest BCUT2D eigenvalue weighted by atomic mass is 16.8. The number of amides is 4. The quantitative estimate of drug-likeness (QED) is 0.284. The van der Waals surface area contributed by atoms with Gasteiger partial charge in [0.2, 0.25) is 11.8 Å². The average molecular weight is 419 g/mol. The number of hydrogen-bond donors (Lipinski definition) is 2. The van der Waals surface area contributed by atoms with Gasteiger partial charge in [-0.05, 0) is 25.3 Å². The van der Waals surface area contributed by atoms with Gasteiger partial charge in [-0.2, -0.15) is 0 Å². The summed E-state index contributed by atoms with van der Waals surface area (Å²) in [7, 11) is 0. The Kier molecular flexibility index (Phi) is 8.56. The van der Waals surface area contributed by atoms with Crippen LogP contribution >= 0.6 is 0 Å². The highest BCUT2D eigenvalue weighted by molar-refractivity contribution is 6.01. The van der Waals surface area contributed by atoms with Crippen molar-refractivity contribution in [2.24, 2.45) is 5.92 Å². The molecule has 0 aromatic heterocycles. The number of nitrogens with one attached hydrogen (secondary N) is 2. The third-order valence-electron chi connectivity index (χ3n) is 4.77. The van der Waals surface area contributed by atoms with Crippen LogP contribution in [0.25, 0.3) is 0 Å². The molecule has 2 saturated heterocycles. The maximum atomic E-state index is 12.3. The van der Waals surface area contributed by atoms with Gasteiger partial charge in [0.1, 0.15) is 0 Å². The van der Waals surface area contributed by atoms with E-state index in [9.17, 15) is 24.0 Å². The molecule has 0 spiro atoms. The Labute approximate surface area is 170 Å². The van der Waals surface area contributed by atoms with Gasteiger partial charge in [-0.15, -0.1) is 5.06 Å². The van der Waals surface area contributed by atoms with Crippen LogP contribution in [0.1, 0.15) is 52.4 Å². The second-order valence-corrected chi connectivity index (χ2v) is 7.73. The van der Waals surface area contributed by atoms with Crippen LogP contribution in [0.3, 0.4) is 0 Å². The molecule has 162 valence electrons. The molecule has 2 fully saturated rings. The predicted molar refractivity (Wildman–Crippen MR) is 102 cm³/mol. The van der Waals surface area contributed by atoms with Crippen LogP contribution in [0, 0.1) is 5.92 Å². The van der Waals surface area contributed by atoms with Gasteiger partial charge in [0, 0.05) is 38.9 Å². The molecule has 2 N–H and O–H groups in total. The summed E-state index contributed by atoms with van der Waals surface area (Å²) in [4.78, 5) is 65.4. The Hall–Kier alpha value is -2.49. The summed E-state index contributed by atoms with van der Waals surface area (Å²) in [6, 6.07) is -0.133. The highest BCUT2D eigenvalue weighted by Gasteiger charge is 2.33. The minimum atomic E-state index is -0.770. The fourth-order valence-corrected chi connectivity index (χ4v) is 3.43. The maximum Gasteiger partial charge on any atom is 0.334 e. The summed E-state index contributed by atoms with van der Waals surface area (Å²) >= 11 is 0. The van der Waals surface area contributed by atoms with Crippen molar-refractivity contribution in [2.75, 3.05) is 26.2 Å². The minimum Gasteiger partial charge on any atom is -0.355 e. The zero-order chi connectivity index (χ0) is 21.4. The molecule has 29 heavy (non-hydrogen) atoms. The van der Waals surface area contributed by atoms with Crippen LogP contribution in [-0.4, -0.2) is 71.8 Å². The first-order valence-electron chi connectivity index (χ1n) is 10.1. The van der Waals surface area contributed by atoms with Gasteiger partial charge in [-0.1, -0.05) is 13.8 Å². The topological polar surface area (TPSA) is 125 Å². The third kappa shape index (κ3) is 7.12. The number of carbonyl (C=O) groups excluding carboxylic acids is 5. The number of rotatable bonds is 10. The molecule has 1 unspecified atom stereocenters. The minimum absolute atomic E-state index is 0.0205. The fraction of sp³-hybridized carbons (Fsp3) is 0.737. The summed E-state index contributed by atoms with van der Waals surface area (Å²) in [5, 5.41) is 5.83. The number of hydroxylamine groups is 2. The molecule has 0 aliphatic carbocycles. The molecule has 10 nitrogen and oxygen atoms in total. The first-order valence-corrected chi connectivity index (χ1v) is 10.1. The van der Waals surface area contributed by atoms with E-state index in [1.165, 1.54) is 0 Å². The molecule has 0 aromatic rings. The highest BCUT2D eigenvalue weighted by Crippen LogP contribution is 2.18. The molecule has 4 amide bonds. The second kappa shape index (κ2) is 10.9. The molecule has 0 radical (unpaired) electrons. The Morgan fingerprint density at radius 1 is 1.07 bits per heavy atom. The van der Waals surface area contributed by atoms with E-state index in [1.54, 1.807) is 0 Å². The van der Waals surface area contributed by atoms with Crippen molar-refractivity contribution in [3.63, 3.8) is 0 Å². The zero-order valence-electron chi connectivity index (χ0n) is 17.1. The Morgan fingerprint density at radius 3 is 2.38 bits per heavy atom. The van der Waals surface area contributed by atoms with E-state index in [-0.39, 0.29) is 56.6 Å². The normalized spacial score (nSPS) is 19.7. The lowest BCUT2D eigenvalue weighted by Crippen LogP contribution is -2.45. The van der Waals surface area contributed by atoms with Crippen LogP contribution in [0.2, 0.25) is 0 Å². The van der Waals surface area contributed by atoms with E-state index < -0.39 is 17.8 Å². The van der Waals surface area contributed by atoms with Gasteiger partial charge in [0.05, 0.1) is 12.5 Å². The molecule has 2 rings (SSSR count). The molecular formula is C19H30N4O6. The molecule has 0 saturated carbocycles. The molecule has 0 aromatic carbocycles. The van der Waals surface area contributed by atoms with E-state index in [0.29, 0.717) is 11.0 Å². The van der Waals surface area contributed by atoms with Crippen LogP contribution in [0.15, 0.2) is 0 Å². The molecule has 2 heterocycles. The van der Waals surface area contributed by atoms with E-state index >= 15 is 0 Å². The van der Waals surface area contributed by atoms with E-state index in [2.05, 4.69) is 29.4 Å². The van der Waals surface area contributed by atoms with Crippen LogP contribution in [-0.2, 0) is 28.8 Å². The fourth-order valence-electron chi connectivity index (χ4n) is 3.43. The van der Waals surface area contributed by atoms with Crippen molar-refractivity contribution in [3.8, 4) is 0 Å². The molecular weight excluding hydrogens is 389 g/mol. The lowest BCUT2D eigenvalue weighted by atomic mass is 10.2. The monoisotopic (exact) mass is 419 g/mol. The number of likely N-dealkylation sites (tertiary alicyclic amines) is 1. The Bertz CT molecular complexity index is 635. The van der Waals surface area contributed by atoms with E-state index in [4.69, 9.17) is 4.84 Å². The van der Waals surface area contributed by atoms with Gasteiger partial charge < -0.3 is 15.5 Å². The molecule has 2 aliphatic rings. The predicted octanol–water partition coefficient (Wildman–Crippen LogP) is -0.273. The van der Waals surface area contributed by atoms with E-state index in [1.807, 2.05) is 0 Å². The summed E-state index contributed by atoms with van der Waals surface area (Å²) in [6.45, 7) is 6.28. The van der Waals surface area contributed by atoms with Gasteiger partial charge in [-0.25, -0.2) is 4.79 Å². The maximum absolute atomic E-state index is 12.3. The van der Waals surface area contributed by atoms with Crippen molar-refractivity contribution in [1.82, 2.24) is 20.6 Å². The Balaban J connectivity index is 1.58. The van der Waals surface area contributed by atoms with Crippen molar-refractivity contribution < 1.29 is 28.8 Å². The lowest BCUT2D eigenvalue weighted by molar-refractivity contribution is -0.197. The summed E-state index contributed by atoms with van der Waals surface area (Å²) in [6.07, 6.45) is 1.82. The Morgan fingerprint density at radius 2 is 1.72 bits per heavy atom. The van der Waals surface area contributed by atoms with Crippen molar-refractivity contribution >= 4 is 29.6 Å². The SMILES string of the molecule is CC(C)CN1CCCC1[13C](=O)[15NH][13CH2][13CH2][13C](=O)[15NH][13CH2][13CH2][13C](=O)ON1C(=O)CCC1=O. The largest absolute Gasteiger partial charge is 0.355 e. The van der Waals surface area contributed by atoms with Crippen molar-refractivity contribution in [2.45, 2.75) is 58.4 Å². The van der Waals surface area contributed by atoms with Gasteiger partial charge >= 0.3 is 5.97 Å². The van der Waals surface area contributed by atoms with Crippen molar-refractivity contribution in [1.29, 1.82) is 0 Å². The first kappa shape index (κ1) is 22.8. The molecule has 0 bridgehead atoms. The van der Waals surface area contributed by atoms with Gasteiger partial charge in [-0.3, -0.25) is 24.1 Å². The number of imide groups is 1. The lowest BCUT2D eigenvalue weighted by Gasteiger charge is -2.25. The summed E-state index contributed by atoms with van der Waals surface area (Å²) in [5.41, 5.74) is 0. The second-order valence-electron chi connectivity index (χ2n) is 7.73. The number of carbonyl (C=O) groups is 5.